The van der Waals surface area contributed by atoms with Gasteiger partial charge in [0.15, 0.2) is 5.96 Å². The highest BCUT2D eigenvalue weighted by Crippen LogP contribution is 2.02. The summed E-state index contributed by atoms with van der Waals surface area (Å²) >= 11 is 0. The number of aliphatic imine (C=N–C) groups is 1. The average molecular weight is 346 g/mol. The summed E-state index contributed by atoms with van der Waals surface area (Å²) < 4.78 is 5.75. The van der Waals surface area contributed by atoms with Crippen LogP contribution in [0.2, 0.25) is 0 Å². The molecule has 1 rings (SSSR count). The van der Waals surface area contributed by atoms with Crippen molar-refractivity contribution in [2.24, 2.45) is 10.9 Å². The zero-order chi connectivity index (χ0) is 18.5. The Morgan fingerprint density at radius 2 is 2.04 bits per heavy atom. The second-order valence-electron chi connectivity index (χ2n) is 6.11. The van der Waals surface area contributed by atoms with Crippen molar-refractivity contribution in [1.82, 2.24) is 15.5 Å². The Morgan fingerprint density at radius 1 is 1.32 bits per heavy atom. The first-order valence-corrected chi connectivity index (χ1v) is 8.47. The summed E-state index contributed by atoms with van der Waals surface area (Å²) in [5.41, 5.74) is 1.17. The van der Waals surface area contributed by atoms with Gasteiger partial charge in [-0.25, -0.2) is 4.99 Å². The Labute approximate surface area is 151 Å². The van der Waals surface area contributed by atoms with E-state index in [1.807, 2.05) is 18.2 Å². The molecule has 1 aromatic rings. The highest BCUT2D eigenvalue weighted by atomic mass is 16.5. The number of nitrogens with one attached hydrogen (secondary N) is 2. The van der Waals surface area contributed by atoms with Gasteiger partial charge < -0.3 is 20.3 Å². The Morgan fingerprint density at radius 3 is 2.68 bits per heavy atom. The van der Waals surface area contributed by atoms with Crippen LogP contribution in [0.4, 0.5) is 0 Å². The Bertz CT molecular complexity index is 544. The van der Waals surface area contributed by atoms with Crippen molar-refractivity contribution in [3.05, 3.63) is 48.6 Å². The van der Waals surface area contributed by atoms with E-state index in [-0.39, 0.29) is 12.5 Å². The number of carbonyl (C=O) groups excluding carboxylic acids is 1. The number of hydrogen-bond acceptors (Lipinski definition) is 3. The van der Waals surface area contributed by atoms with Crippen LogP contribution >= 0.6 is 0 Å². The Kier molecular flexibility index (Phi) is 10.0. The van der Waals surface area contributed by atoms with Crippen LogP contribution in [0.3, 0.4) is 0 Å². The van der Waals surface area contributed by atoms with Crippen molar-refractivity contribution in [2.45, 2.75) is 13.5 Å². The lowest BCUT2D eigenvalue weighted by Crippen LogP contribution is -2.41. The van der Waals surface area contributed by atoms with E-state index >= 15 is 0 Å². The van der Waals surface area contributed by atoms with Crippen LogP contribution in [0, 0.1) is 5.92 Å². The molecule has 0 aliphatic heterocycles. The number of benzene rings is 1. The molecule has 0 bridgehead atoms. The van der Waals surface area contributed by atoms with E-state index in [0.717, 1.165) is 0 Å². The maximum Gasteiger partial charge on any atom is 0.243 e. The predicted molar refractivity (Wildman–Crippen MR) is 102 cm³/mol. The molecule has 25 heavy (non-hydrogen) atoms. The topological polar surface area (TPSA) is 66.0 Å². The maximum atomic E-state index is 11.7. The van der Waals surface area contributed by atoms with E-state index in [4.69, 9.17) is 4.74 Å². The second kappa shape index (κ2) is 12.1. The van der Waals surface area contributed by atoms with Gasteiger partial charge in [-0.15, -0.1) is 6.58 Å². The van der Waals surface area contributed by atoms with Gasteiger partial charge in [-0.05, 0) is 11.5 Å². The first kappa shape index (κ1) is 20.7. The third kappa shape index (κ3) is 9.52. The second-order valence-corrected chi connectivity index (χ2v) is 6.11. The molecule has 1 amide bonds. The Hall–Kier alpha value is -2.34. The van der Waals surface area contributed by atoms with Gasteiger partial charge in [-0.3, -0.25) is 4.79 Å². The molecule has 1 unspecified atom stereocenters. The summed E-state index contributed by atoms with van der Waals surface area (Å²) in [6.07, 6.45) is 1.75. The van der Waals surface area contributed by atoms with Crippen molar-refractivity contribution in [1.29, 1.82) is 0 Å². The largest absolute Gasteiger partial charge is 0.376 e. The number of amides is 1. The van der Waals surface area contributed by atoms with Gasteiger partial charge >= 0.3 is 0 Å². The average Bonchev–Trinajstić information content (AvgIpc) is 2.61. The molecule has 6 nitrogen and oxygen atoms in total. The smallest absolute Gasteiger partial charge is 0.243 e. The molecule has 2 N–H and O–H groups in total. The van der Waals surface area contributed by atoms with Gasteiger partial charge in [-0.2, -0.15) is 0 Å². The third-order valence-corrected chi connectivity index (χ3v) is 3.42. The molecule has 0 aromatic heterocycles. The monoisotopic (exact) mass is 346 g/mol. The molecule has 0 aliphatic carbocycles. The van der Waals surface area contributed by atoms with Gasteiger partial charge in [0.2, 0.25) is 5.91 Å². The minimum atomic E-state index is -0.0426. The van der Waals surface area contributed by atoms with Crippen molar-refractivity contribution >= 4 is 11.9 Å². The standard InChI is InChI=1S/C19H30N4O2/c1-5-11-20-19(22-13-18(24)23(3)4)21-12-16(2)14-25-15-17-9-7-6-8-10-17/h5-10,16H,1,11-15H2,2-4H3,(H2,20,21,22). The molecule has 0 heterocycles. The molecule has 1 atom stereocenters. The molecular formula is C19H30N4O2. The molecule has 6 heteroatoms. The number of ether oxygens (including phenoxy) is 1. The highest BCUT2D eigenvalue weighted by Gasteiger charge is 2.07. The predicted octanol–water partition coefficient (Wildman–Crippen LogP) is 1.65. The molecule has 138 valence electrons. The van der Waals surface area contributed by atoms with Gasteiger partial charge in [0.1, 0.15) is 6.54 Å². The molecular weight excluding hydrogens is 316 g/mol. The summed E-state index contributed by atoms with van der Waals surface area (Å²) in [7, 11) is 3.43. The summed E-state index contributed by atoms with van der Waals surface area (Å²) in [6, 6.07) is 10.1. The van der Waals surface area contributed by atoms with Crippen molar-refractivity contribution in [3.8, 4) is 0 Å². The van der Waals surface area contributed by atoms with E-state index in [0.29, 0.717) is 38.2 Å². The minimum absolute atomic E-state index is 0.0426. The molecule has 0 saturated heterocycles. The number of likely N-dealkylation sites (N-methyl/N-ethyl adjacent to an activating group) is 1. The normalized spacial score (nSPS) is 12.4. The van der Waals surface area contributed by atoms with E-state index in [9.17, 15) is 4.79 Å². The third-order valence-electron chi connectivity index (χ3n) is 3.42. The fourth-order valence-corrected chi connectivity index (χ4v) is 1.91. The minimum Gasteiger partial charge on any atom is -0.376 e. The van der Waals surface area contributed by atoms with Gasteiger partial charge in [0.05, 0.1) is 13.2 Å². The first-order chi connectivity index (χ1) is 12.0. The van der Waals surface area contributed by atoms with Crippen LogP contribution in [0.25, 0.3) is 0 Å². The van der Waals surface area contributed by atoms with E-state index in [1.54, 1.807) is 20.2 Å². The molecule has 0 spiro atoms. The van der Waals surface area contributed by atoms with Crippen molar-refractivity contribution < 1.29 is 9.53 Å². The zero-order valence-corrected chi connectivity index (χ0v) is 15.5. The maximum absolute atomic E-state index is 11.7. The molecule has 1 aromatic carbocycles. The van der Waals surface area contributed by atoms with E-state index < -0.39 is 0 Å². The van der Waals surface area contributed by atoms with Gasteiger partial charge in [-0.1, -0.05) is 43.3 Å². The lowest BCUT2D eigenvalue weighted by molar-refractivity contribution is -0.127. The number of guanidine groups is 1. The summed E-state index contributed by atoms with van der Waals surface area (Å²) in [5.74, 6) is 0.868. The highest BCUT2D eigenvalue weighted by molar-refractivity contribution is 5.84. The SMILES string of the molecule is C=CCNC(=NCC(=O)N(C)C)NCC(C)COCc1ccccc1. The summed E-state index contributed by atoms with van der Waals surface area (Å²) in [6.45, 7) is 8.44. The van der Waals surface area contributed by atoms with Crippen LogP contribution in [-0.2, 0) is 16.1 Å². The quantitative estimate of drug-likeness (QED) is 0.384. The van der Waals surface area contributed by atoms with E-state index in [2.05, 4.69) is 41.3 Å². The number of nitrogens with zero attached hydrogens (tertiary/aromatic N) is 2. The fraction of sp³-hybridized carbons (Fsp3) is 0.474. The number of rotatable bonds is 10. The molecule has 0 aliphatic rings. The lowest BCUT2D eigenvalue weighted by atomic mass is 10.2. The van der Waals surface area contributed by atoms with Crippen LogP contribution < -0.4 is 10.6 Å². The van der Waals surface area contributed by atoms with Crippen molar-refractivity contribution in [2.75, 3.05) is 40.3 Å². The van der Waals surface area contributed by atoms with Crippen molar-refractivity contribution in [3.63, 3.8) is 0 Å². The fourth-order valence-electron chi connectivity index (χ4n) is 1.91. The zero-order valence-electron chi connectivity index (χ0n) is 15.5. The van der Waals surface area contributed by atoms with Crippen LogP contribution in [0.1, 0.15) is 12.5 Å². The van der Waals surface area contributed by atoms with Crippen LogP contribution in [0.15, 0.2) is 48.0 Å². The van der Waals surface area contributed by atoms with Crippen LogP contribution in [-0.4, -0.2) is 57.1 Å². The molecule has 0 radical (unpaired) electrons. The Balaban J connectivity index is 2.36. The first-order valence-electron chi connectivity index (χ1n) is 8.47. The van der Waals surface area contributed by atoms with Gasteiger partial charge in [0, 0.05) is 27.2 Å². The van der Waals surface area contributed by atoms with Crippen LogP contribution in [0.5, 0.6) is 0 Å². The molecule has 0 saturated carbocycles. The summed E-state index contributed by atoms with van der Waals surface area (Å²) in [4.78, 5) is 17.5. The summed E-state index contributed by atoms with van der Waals surface area (Å²) in [5, 5.41) is 6.35. The van der Waals surface area contributed by atoms with Gasteiger partial charge in [0.25, 0.3) is 0 Å². The number of hydrogen-bond donors (Lipinski definition) is 2. The van der Waals surface area contributed by atoms with E-state index in [1.165, 1.54) is 10.5 Å². The number of carbonyl (C=O) groups is 1. The molecule has 0 fully saturated rings. The lowest BCUT2D eigenvalue weighted by Gasteiger charge is -2.16.